The summed E-state index contributed by atoms with van der Waals surface area (Å²) >= 11 is 0. The van der Waals surface area contributed by atoms with Crippen LogP contribution in [0.25, 0.3) is 22.6 Å². The second-order valence-corrected chi connectivity index (χ2v) is 6.42. The molecule has 108 valence electrons. The van der Waals surface area contributed by atoms with Gasteiger partial charge in [0.2, 0.25) is 5.89 Å². The molecule has 0 saturated heterocycles. The van der Waals surface area contributed by atoms with Gasteiger partial charge in [-0.05, 0) is 53.8 Å². The van der Waals surface area contributed by atoms with Gasteiger partial charge in [-0.2, -0.15) is 0 Å². The Hall–Kier alpha value is -2.16. The molecule has 0 aliphatic rings. The predicted octanol–water partition coefficient (Wildman–Crippen LogP) is 5.24. The molecule has 0 aliphatic heterocycles. The van der Waals surface area contributed by atoms with Crippen LogP contribution in [0.3, 0.4) is 0 Å². The van der Waals surface area contributed by atoms with E-state index in [-0.39, 0.29) is 11.2 Å². The summed E-state index contributed by atoms with van der Waals surface area (Å²) in [7, 11) is 0. The number of halogens is 1. The Morgan fingerprint density at radius 2 is 1.81 bits per heavy atom. The zero-order chi connectivity index (χ0) is 15.2. The van der Waals surface area contributed by atoms with Crippen molar-refractivity contribution in [2.45, 2.75) is 33.1 Å². The first-order chi connectivity index (χ1) is 9.84. The van der Waals surface area contributed by atoms with E-state index in [0.29, 0.717) is 11.5 Å². The van der Waals surface area contributed by atoms with Gasteiger partial charge >= 0.3 is 0 Å². The van der Waals surface area contributed by atoms with Crippen molar-refractivity contribution in [3.8, 4) is 11.5 Å². The Kier molecular flexibility index (Phi) is 3.08. The number of rotatable bonds is 1. The number of nitrogens with zero attached hydrogens (tertiary/aromatic N) is 1. The van der Waals surface area contributed by atoms with Crippen molar-refractivity contribution in [3.63, 3.8) is 0 Å². The summed E-state index contributed by atoms with van der Waals surface area (Å²) in [6, 6.07) is 11.0. The molecule has 0 amide bonds. The predicted molar refractivity (Wildman–Crippen MR) is 82.8 cm³/mol. The standard InChI is InChI=1S/C18H18FNO/c1-11-9-12(5-7-14(11)19)17-20-15-10-13(18(2,3)4)6-8-16(15)21-17/h5-10H,1-4H3. The molecule has 3 rings (SSSR count). The smallest absolute Gasteiger partial charge is 0.227 e. The molecule has 2 nitrogen and oxygen atoms in total. The molecular weight excluding hydrogens is 265 g/mol. The summed E-state index contributed by atoms with van der Waals surface area (Å²) < 4.78 is 19.1. The van der Waals surface area contributed by atoms with Gasteiger partial charge in [-0.1, -0.05) is 26.8 Å². The van der Waals surface area contributed by atoms with Crippen LogP contribution in [0.5, 0.6) is 0 Å². The van der Waals surface area contributed by atoms with Crippen LogP contribution < -0.4 is 0 Å². The first kappa shape index (κ1) is 13.8. The van der Waals surface area contributed by atoms with Gasteiger partial charge in [0, 0.05) is 5.56 Å². The topological polar surface area (TPSA) is 26.0 Å². The number of hydrogen-bond acceptors (Lipinski definition) is 2. The van der Waals surface area contributed by atoms with Gasteiger partial charge in [0.25, 0.3) is 0 Å². The zero-order valence-corrected chi connectivity index (χ0v) is 12.7. The van der Waals surface area contributed by atoms with Gasteiger partial charge in [-0.25, -0.2) is 9.37 Å². The highest BCUT2D eigenvalue weighted by Crippen LogP contribution is 2.29. The lowest BCUT2D eigenvalue weighted by Crippen LogP contribution is -2.10. The van der Waals surface area contributed by atoms with E-state index < -0.39 is 0 Å². The fourth-order valence-corrected chi connectivity index (χ4v) is 2.30. The Balaban J connectivity index is 2.10. The summed E-state index contributed by atoms with van der Waals surface area (Å²) in [4.78, 5) is 4.54. The number of fused-ring (bicyclic) bond motifs is 1. The first-order valence-corrected chi connectivity index (χ1v) is 7.02. The molecular formula is C18H18FNO. The average molecular weight is 283 g/mol. The van der Waals surface area contributed by atoms with E-state index in [1.807, 2.05) is 6.07 Å². The number of benzene rings is 2. The third-order valence-electron chi connectivity index (χ3n) is 3.66. The van der Waals surface area contributed by atoms with Crippen LogP contribution in [0, 0.1) is 12.7 Å². The molecule has 0 saturated carbocycles. The lowest BCUT2D eigenvalue weighted by Gasteiger charge is -2.18. The van der Waals surface area contributed by atoms with Gasteiger partial charge < -0.3 is 4.42 Å². The molecule has 1 heterocycles. The summed E-state index contributed by atoms with van der Waals surface area (Å²) in [5.74, 6) is 0.309. The highest BCUT2D eigenvalue weighted by atomic mass is 19.1. The van der Waals surface area contributed by atoms with Crippen molar-refractivity contribution in [2.75, 3.05) is 0 Å². The lowest BCUT2D eigenvalue weighted by atomic mass is 9.87. The molecule has 0 radical (unpaired) electrons. The monoisotopic (exact) mass is 283 g/mol. The lowest BCUT2D eigenvalue weighted by molar-refractivity contribution is 0.590. The molecule has 0 bridgehead atoms. The minimum Gasteiger partial charge on any atom is -0.436 e. The van der Waals surface area contributed by atoms with Gasteiger partial charge in [0.15, 0.2) is 5.58 Å². The van der Waals surface area contributed by atoms with Gasteiger partial charge in [-0.3, -0.25) is 0 Å². The van der Waals surface area contributed by atoms with Crippen molar-refractivity contribution >= 4 is 11.1 Å². The van der Waals surface area contributed by atoms with Gasteiger partial charge in [-0.15, -0.1) is 0 Å². The van der Waals surface area contributed by atoms with E-state index in [1.165, 1.54) is 11.6 Å². The summed E-state index contributed by atoms with van der Waals surface area (Å²) in [6.45, 7) is 8.23. The highest BCUT2D eigenvalue weighted by molar-refractivity contribution is 5.77. The Bertz CT molecular complexity index is 812. The van der Waals surface area contributed by atoms with E-state index in [0.717, 1.165) is 16.7 Å². The maximum absolute atomic E-state index is 13.4. The van der Waals surface area contributed by atoms with Crippen LogP contribution in [0.2, 0.25) is 0 Å². The molecule has 0 spiro atoms. The molecule has 0 atom stereocenters. The van der Waals surface area contributed by atoms with Crippen LogP contribution in [0.4, 0.5) is 4.39 Å². The minimum absolute atomic E-state index is 0.0692. The average Bonchev–Trinajstić information content (AvgIpc) is 2.83. The third-order valence-corrected chi connectivity index (χ3v) is 3.66. The van der Waals surface area contributed by atoms with Gasteiger partial charge in [0.1, 0.15) is 11.3 Å². The van der Waals surface area contributed by atoms with Crippen LogP contribution in [0.15, 0.2) is 40.8 Å². The van der Waals surface area contributed by atoms with E-state index in [9.17, 15) is 4.39 Å². The van der Waals surface area contributed by atoms with Crippen molar-refractivity contribution in [1.29, 1.82) is 0 Å². The van der Waals surface area contributed by atoms with Crippen LogP contribution >= 0.6 is 0 Å². The molecule has 0 unspecified atom stereocenters. The van der Waals surface area contributed by atoms with E-state index in [4.69, 9.17) is 4.42 Å². The van der Waals surface area contributed by atoms with Crippen LogP contribution in [-0.4, -0.2) is 4.98 Å². The molecule has 0 fully saturated rings. The quantitative estimate of drug-likeness (QED) is 0.610. The molecule has 3 heteroatoms. The van der Waals surface area contributed by atoms with E-state index >= 15 is 0 Å². The molecule has 21 heavy (non-hydrogen) atoms. The highest BCUT2D eigenvalue weighted by Gasteiger charge is 2.16. The summed E-state index contributed by atoms with van der Waals surface area (Å²) in [5, 5.41) is 0. The zero-order valence-electron chi connectivity index (χ0n) is 12.7. The second kappa shape index (κ2) is 4.69. The summed E-state index contributed by atoms with van der Waals surface area (Å²) in [6.07, 6.45) is 0. The third kappa shape index (κ3) is 2.56. The van der Waals surface area contributed by atoms with Crippen molar-refractivity contribution in [1.82, 2.24) is 4.98 Å². The van der Waals surface area contributed by atoms with Crippen molar-refractivity contribution in [2.24, 2.45) is 0 Å². The normalized spacial score (nSPS) is 12.0. The fraction of sp³-hybridized carbons (Fsp3) is 0.278. The van der Waals surface area contributed by atoms with Gasteiger partial charge in [0.05, 0.1) is 0 Å². The number of aromatic nitrogens is 1. The van der Waals surface area contributed by atoms with Crippen LogP contribution in [0.1, 0.15) is 31.9 Å². The van der Waals surface area contributed by atoms with Crippen LogP contribution in [-0.2, 0) is 5.41 Å². The first-order valence-electron chi connectivity index (χ1n) is 7.02. The SMILES string of the molecule is Cc1cc(-c2nc3cc(C(C)(C)C)ccc3o2)ccc1F. The maximum atomic E-state index is 13.4. The largest absolute Gasteiger partial charge is 0.436 e. The Morgan fingerprint density at radius 1 is 1.05 bits per heavy atom. The Morgan fingerprint density at radius 3 is 2.48 bits per heavy atom. The molecule has 0 aliphatic carbocycles. The van der Waals surface area contributed by atoms with E-state index in [2.05, 4.69) is 37.9 Å². The van der Waals surface area contributed by atoms with Crippen molar-refractivity contribution in [3.05, 3.63) is 53.3 Å². The molecule has 0 N–H and O–H groups in total. The maximum Gasteiger partial charge on any atom is 0.227 e. The van der Waals surface area contributed by atoms with E-state index in [1.54, 1.807) is 19.1 Å². The number of oxazole rings is 1. The second-order valence-electron chi connectivity index (χ2n) is 6.42. The number of hydrogen-bond donors (Lipinski definition) is 0. The Labute approximate surface area is 123 Å². The molecule has 3 aromatic rings. The summed E-state index contributed by atoms with van der Waals surface area (Å²) in [5.41, 5.74) is 4.25. The minimum atomic E-state index is -0.218. The van der Waals surface area contributed by atoms with Crippen molar-refractivity contribution < 1.29 is 8.81 Å². The molecule has 1 aromatic heterocycles. The molecule has 2 aromatic carbocycles. The number of aryl methyl sites for hydroxylation is 1. The fourth-order valence-electron chi connectivity index (χ4n) is 2.30.